The predicted octanol–water partition coefficient (Wildman–Crippen LogP) is 1.48. The molecule has 22 heavy (non-hydrogen) atoms. The molecule has 1 aliphatic rings. The minimum atomic E-state index is -0.341. The van der Waals surface area contributed by atoms with E-state index in [4.69, 9.17) is 0 Å². The van der Waals surface area contributed by atoms with Crippen LogP contribution in [0.15, 0.2) is 12.5 Å². The summed E-state index contributed by atoms with van der Waals surface area (Å²) in [7, 11) is 0. The molecule has 118 valence electrons. The number of carbonyl (C=O) groups is 1. The molecule has 1 aliphatic heterocycles. The van der Waals surface area contributed by atoms with Gasteiger partial charge in [0.2, 0.25) is 5.91 Å². The van der Waals surface area contributed by atoms with Gasteiger partial charge in [0.05, 0.1) is 11.6 Å². The average molecular weight is 302 g/mol. The normalized spacial score (nSPS) is 17.0. The van der Waals surface area contributed by atoms with Gasteiger partial charge in [0.25, 0.3) is 0 Å². The van der Waals surface area contributed by atoms with E-state index in [1.165, 1.54) is 0 Å². The standard InChI is InChI=1S/C15H22N6O/c1-15(2,3)14(22)19-10-4-6-21(7-5-10)13-11-8-18-20-12(11)16-9-17-13/h8-10H,4-7H2,1-3H3,(H,19,22)(H,16,17,18,20). The van der Waals surface area contributed by atoms with Crippen molar-refractivity contribution in [2.45, 2.75) is 39.7 Å². The van der Waals surface area contributed by atoms with E-state index in [9.17, 15) is 4.79 Å². The number of H-pyrrole nitrogens is 1. The predicted molar refractivity (Wildman–Crippen MR) is 84.5 cm³/mol. The molecule has 0 unspecified atom stereocenters. The Kier molecular flexibility index (Phi) is 3.72. The number of amides is 1. The molecule has 0 aromatic carbocycles. The molecule has 2 aromatic heterocycles. The number of rotatable bonds is 2. The number of carbonyl (C=O) groups excluding carboxylic acids is 1. The first-order valence-corrected chi connectivity index (χ1v) is 7.65. The fourth-order valence-corrected chi connectivity index (χ4v) is 2.64. The third kappa shape index (κ3) is 2.88. The molecule has 0 spiro atoms. The highest BCUT2D eigenvalue weighted by atomic mass is 16.2. The van der Waals surface area contributed by atoms with Crippen molar-refractivity contribution in [1.82, 2.24) is 25.5 Å². The molecule has 0 atom stereocenters. The first-order chi connectivity index (χ1) is 10.4. The second-order valence-corrected chi connectivity index (χ2v) is 6.81. The summed E-state index contributed by atoms with van der Waals surface area (Å²) < 4.78 is 0. The highest BCUT2D eigenvalue weighted by Gasteiger charge is 2.27. The smallest absolute Gasteiger partial charge is 0.225 e. The van der Waals surface area contributed by atoms with Gasteiger partial charge in [0, 0.05) is 24.5 Å². The van der Waals surface area contributed by atoms with Crippen LogP contribution in [0.25, 0.3) is 11.0 Å². The summed E-state index contributed by atoms with van der Waals surface area (Å²) in [5.41, 5.74) is 0.417. The van der Waals surface area contributed by atoms with E-state index in [2.05, 4.69) is 30.4 Å². The molecule has 0 saturated carbocycles. The third-order valence-electron chi connectivity index (χ3n) is 4.04. The summed E-state index contributed by atoms with van der Waals surface area (Å²) >= 11 is 0. The van der Waals surface area contributed by atoms with Crippen LogP contribution in [0.5, 0.6) is 0 Å². The Labute approximate surface area is 129 Å². The van der Waals surface area contributed by atoms with Gasteiger partial charge in [0.1, 0.15) is 12.1 Å². The Bertz CT molecular complexity index is 666. The number of hydrogen-bond donors (Lipinski definition) is 2. The van der Waals surface area contributed by atoms with Crippen LogP contribution in [0.1, 0.15) is 33.6 Å². The number of hydrogen-bond acceptors (Lipinski definition) is 5. The van der Waals surface area contributed by atoms with Crippen molar-refractivity contribution in [3.05, 3.63) is 12.5 Å². The molecule has 2 N–H and O–H groups in total. The number of fused-ring (bicyclic) bond motifs is 1. The van der Waals surface area contributed by atoms with Gasteiger partial charge in [-0.05, 0) is 12.8 Å². The Morgan fingerprint density at radius 3 is 2.73 bits per heavy atom. The molecular formula is C15H22N6O. The molecule has 2 aromatic rings. The monoisotopic (exact) mass is 302 g/mol. The fourth-order valence-electron chi connectivity index (χ4n) is 2.64. The Morgan fingerprint density at radius 2 is 2.05 bits per heavy atom. The Balaban J connectivity index is 1.65. The van der Waals surface area contributed by atoms with Crippen molar-refractivity contribution in [1.29, 1.82) is 0 Å². The van der Waals surface area contributed by atoms with E-state index in [1.807, 2.05) is 20.8 Å². The largest absolute Gasteiger partial charge is 0.356 e. The molecule has 1 saturated heterocycles. The van der Waals surface area contributed by atoms with Gasteiger partial charge in [0.15, 0.2) is 5.65 Å². The zero-order valence-electron chi connectivity index (χ0n) is 13.3. The number of nitrogens with one attached hydrogen (secondary N) is 2. The second-order valence-electron chi connectivity index (χ2n) is 6.81. The molecule has 3 rings (SSSR count). The minimum absolute atomic E-state index is 0.116. The highest BCUT2D eigenvalue weighted by molar-refractivity contribution is 5.86. The average Bonchev–Trinajstić information content (AvgIpc) is 2.95. The van der Waals surface area contributed by atoms with Crippen LogP contribution in [0, 0.1) is 5.41 Å². The number of aromatic amines is 1. The van der Waals surface area contributed by atoms with E-state index >= 15 is 0 Å². The van der Waals surface area contributed by atoms with E-state index in [-0.39, 0.29) is 17.4 Å². The fraction of sp³-hybridized carbons (Fsp3) is 0.600. The van der Waals surface area contributed by atoms with Gasteiger partial charge in [-0.1, -0.05) is 20.8 Å². The number of nitrogens with zero attached hydrogens (tertiary/aromatic N) is 4. The maximum Gasteiger partial charge on any atom is 0.225 e. The number of anilines is 1. The van der Waals surface area contributed by atoms with Crippen LogP contribution < -0.4 is 10.2 Å². The van der Waals surface area contributed by atoms with Crippen molar-refractivity contribution >= 4 is 22.8 Å². The summed E-state index contributed by atoms with van der Waals surface area (Å²) in [6.07, 6.45) is 5.16. The van der Waals surface area contributed by atoms with Gasteiger partial charge in [-0.2, -0.15) is 5.10 Å². The second kappa shape index (κ2) is 5.55. The summed E-state index contributed by atoms with van der Waals surface area (Å²) in [5, 5.41) is 11.0. The minimum Gasteiger partial charge on any atom is -0.356 e. The van der Waals surface area contributed by atoms with Crippen molar-refractivity contribution in [3.63, 3.8) is 0 Å². The molecule has 0 bridgehead atoms. The third-order valence-corrected chi connectivity index (χ3v) is 4.04. The lowest BCUT2D eigenvalue weighted by atomic mass is 9.94. The lowest BCUT2D eigenvalue weighted by molar-refractivity contribution is -0.129. The SMILES string of the molecule is CC(C)(C)C(=O)NC1CCN(c2ncnc3[nH]ncc23)CC1. The van der Waals surface area contributed by atoms with E-state index < -0.39 is 0 Å². The highest BCUT2D eigenvalue weighted by Crippen LogP contribution is 2.24. The topological polar surface area (TPSA) is 86.8 Å². The van der Waals surface area contributed by atoms with E-state index in [0.717, 1.165) is 42.8 Å². The van der Waals surface area contributed by atoms with Gasteiger partial charge in [-0.25, -0.2) is 9.97 Å². The van der Waals surface area contributed by atoms with Crippen LogP contribution >= 0.6 is 0 Å². The van der Waals surface area contributed by atoms with E-state index in [0.29, 0.717) is 0 Å². The lowest BCUT2D eigenvalue weighted by Crippen LogP contribution is -2.48. The van der Waals surface area contributed by atoms with Crippen molar-refractivity contribution in [3.8, 4) is 0 Å². The Morgan fingerprint density at radius 1 is 1.32 bits per heavy atom. The molecule has 1 amide bonds. The van der Waals surface area contributed by atoms with E-state index in [1.54, 1.807) is 12.5 Å². The van der Waals surface area contributed by atoms with Gasteiger partial charge in [-0.3, -0.25) is 9.89 Å². The first-order valence-electron chi connectivity index (χ1n) is 7.65. The molecule has 0 radical (unpaired) electrons. The number of piperidine rings is 1. The molecule has 1 fully saturated rings. The number of aromatic nitrogens is 4. The molecule has 7 nitrogen and oxygen atoms in total. The molecule has 3 heterocycles. The van der Waals surface area contributed by atoms with Crippen LogP contribution in [0.4, 0.5) is 5.82 Å². The maximum atomic E-state index is 12.1. The van der Waals surface area contributed by atoms with Crippen LogP contribution in [-0.4, -0.2) is 45.2 Å². The molecule has 7 heteroatoms. The van der Waals surface area contributed by atoms with Crippen LogP contribution in [0.2, 0.25) is 0 Å². The summed E-state index contributed by atoms with van der Waals surface area (Å²) in [5.74, 6) is 1.03. The van der Waals surface area contributed by atoms with Crippen molar-refractivity contribution in [2.75, 3.05) is 18.0 Å². The maximum absolute atomic E-state index is 12.1. The first kappa shape index (κ1) is 14.7. The summed E-state index contributed by atoms with van der Waals surface area (Å²) in [4.78, 5) is 22.9. The molecular weight excluding hydrogens is 280 g/mol. The zero-order chi connectivity index (χ0) is 15.7. The van der Waals surface area contributed by atoms with Gasteiger partial charge >= 0.3 is 0 Å². The zero-order valence-corrected chi connectivity index (χ0v) is 13.3. The summed E-state index contributed by atoms with van der Waals surface area (Å²) in [6, 6.07) is 0.240. The van der Waals surface area contributed by atoms with Crippen molar-refractivity contribution < 1.29 is 4.79 Å². The summed E-state index contributed by atoms with van der Waals surface area (Å²) in [6.45, 7) is 7.55. The Hall–Kier alpha value is -2.18. The van der Waals surface area contributed by atoms with Crippen LogP contribution in [0.3, 0.4) is 0 Å². The van der Waals surface area contributed by atoms with Gasteiger partial charge < -0.3 is 10.2 Å². The van der Waals surface area contributed by atoms with Crippen LogP contribution in [-0.2, 0) is 4.79 Å². The van der Waals surface area contributed by atoms with Crippen molar-refractivity contribution in [2.24, 2.45) is 5.41 Å². The molecule has 0 aliphatic carbocycles. The quantitative estimate of drug-likeness (QED) is 0.877. The lowest BCUT2D eigenvalue weighted by Gasteiger charge is -2.34. The van der Waals surface area contributed by atoms with Gasteiger partial charge in [-0.15, -0.1) is 0 Å².